The molecule has 1 aromatic rings. The van der Waals surface area contributed by atoms with Crippen LogP contribution in [0, 0.1) is 11.3 Å². The van der Waals surface area contributed by atoms with Crippen molar-refractivity contribution in [1.82, 2.24) is 14.9 Å². The fourth-order valence-corrected chi connectivity index (χ4v) is 2.85. The number of anilines is 1. The predicted molar refractivity (Wildman–Crippen MR) is 84.3 cm³/mol. The molecular formula is C16H26N4O. The molecule has 0 unspecified atom stereocenters. The normalized spacial score (nSPS) is 16.9. The molecule has 0 saturated carbocycles. The Morgan fingerprint density at radius 1 is 1.33 bits per heavy atom. The van der Waals surface area contributed by atoms with Crippen molar-refractivity contribution >= 4 is 11.7 Å². The highest BCUT2D eigenvalue weighted by molar-refractivity contribution is 5.92. The van der Waals surface area contributed by atoms with Crippen molar-refractivity contribution in [2.75, 3.05) is 25.0 Å². The Bertz CT molecular complexity index is 487. The van der Waals surface area contributed by atoms with Crippen LogP contribution in [-0.2, 0) is 0 Å². The number of carbonyl (C=O) groups excluding carboxylic acids is 1. The molecule has 1 N–H and O–H groups in total. The number of nitrogens with zero attached hydrogens (tertiary/aromatic N) is 3. The van der Waals surface area contributed by atoms with Crippen molar-refractivity contribution in [3.8, 4) is 0 Å². The Labute approximate surface area is 127 Å². The summed E-state index contributed by atoms with van der Waals surface area (Å²) in [7, 11) is 0. The minimum atomic E-state index is -0.00499. The molecule has 21 heavy (non-hydrogen) atoms. The van der Waals surface area contributed by atoms with Gasteiger partial charge in [0, 0.05) is 19.6 Å². The molecular weight excluding hydrogens is 264 g/mol. The highest BCUT2D eigenvalue weighted by Gasteiger charge is 2.31. The smallest absolute Gasteiger partial charge is 0.274 e. The summed E-state index contributed by atoms with van der Waals surface area (Å²) in [5, 5.41) is 3.09. The molecule has 0 atom stereocenters. The molecule has 0 aromatic carbocycles. The van der Waals surface area contributed by atoms with Crippen molar-refractivity contribution in [3.05, 3.63) is 18.1 Å². The van der Waals surface area contributed by atoms with Gasteiger partial charge in [0.25, 0.3) is 5.91 Å². The van der Waals surface area contributed by atoms with E-state index < -0.39 is 0 Å². The Morgan fingerprint density at radius 3 is 2.57 bits per heavy atom. The van der Waals surface area contributed by atoms with Gasteiger partial charge in [0.15, 0.2) is 0 Å². The van der Waals surface area contributed by atoms with Gasteiger partial charge in [0.05, 0.1) is 12.4 Å². The summed E-state index contributed by atoms with van der Waals surface area (Å²) in [6, 6.07) is 0. The average Bonchev–Trinajstić information content (AvgIpc) is 2.46. The van der Waals surface area contributed by atoms with E-state index in [0.29, 0.717) is 22.8 Å². The fraction of sp³-hybridized carbons (Fsp3) is 0.688. The van der Waals surface area contributed by atoms with Crippen molar-refractivity contribution in [3.63, 3.8) is 0 Å². The van der Waals surface area contributed by atoms with E-state index in [-0.39, 0.29) is 5.91 Å². The molecule has 0 aliphatic carbocycles. The fourth-order valence-electron chi connectivity index (χ4n) is 2.85. The number of likely N-dealkylation sites (tertiary alicyclic amines) is 1. The zero-order chi connectivity index (χ0) is 15.5. The standard InChI is InChI=1S/C16H26N4O/c1-5-18-14-11-17-10-13(19-14)15(21)20-8-6-12(7-9-20)16(2,3)4/h10-12H,5-9H2,1-4H3,(H,18,19). The maximum absolute atomic E-state index is 12.5. The van der Waals surface area contributed by atoms with E-state index in [9.17, 15) is 4.79 Å². The first kappa shape index (κ1) is 15.7. The second kappa shape index (κ2) is 6.41. The summed E-state index contributed by atoms with van der Waals surface area (Å²) >= 11 is 0. The van der Waals surface area contributed by atoms with E-state index in [4.69, 9.17) is 0 Å². The first-order chi connectivity index (χ1) is 9.91. The SMILES string of the molecule is CCNc1cncc(C(=O)N2CCC(C(C)(C)C)CC2)n1. The maximum Gasteiger partial charge on any atom is 0.274 e. The quantitative estimate of drug-likeness (QED) is 0.930. The highest BCUT2D eigenvalue weighted by atomic mass is 16.2. The van der Waals surface area contributed by atoms with Crippen LogP contribution in [0.2, 0.25) is 0 Å². The first-order valence-corrected chi connectivity index (χ1v) is 7.77. The van der Waals surface area contributed by atoms with Crippen molar-refractivity contribution in [1.29, 1.82) is 0 Å². The van der Waals surface area contributed by atoms with Gasteiger partial charge in [-0.2, -0.15) is 0 Å². The lowest BCUT2D eigenvalue weighted by atomic mass is 9.75. The van der Waals surface area contributed by atoms with Gasteiger partial charge in [-0.25, -0.2) is 4.98 Å². The molecule has 1 saturated heterocycles. The van der Waals surface area contributed by atoms with Gasteiger partial charge in [-0.05, 0) is 31.1 Å². The molecule has 0 spiro atoms. The van der Waals surface area contributed by atoms with E-state index >= 15 is 0 Å². The van der Waals surface area contributed by atoms with Gasteiger partial charge in [-0.3, -0.25) is 9.78 Å². The summed E-state index contributed by atoms with van der Waals surface area (Å²) < 4.78 is 0. The second-order valence-electron chi connectivity index (χ2n) is 6.75. The van der Waals surface area contributed by atoms with Crippen LogP contribution in [0.4, 0.5) is 5.82 Å². The van der Waals surface area contributed by atoms with Gasteiger partial charge in [-0.15, -0.1) is 0 Å². The summed E-state index contributed by atoms with van der Waals surface area (Å²) in [5.41, 5.74) is 0.752. The number of aromatic nitrogens is 2. The molecule has 1 amide bonds. The van der Waals surface area contributed by atoms with Gasteiger partial charge >= 0.3 is 0 Å². The Kier molecular flexibility index (Phi) is 4.80. The number of piperidine rings is 1. The molecule has 116 valence electrons. The molecule has 1 aliphatic rings. The van der Waals surface area contributed by atoms with Crippen molar-refractivity contribution in [2.24, 2.45) is 11.3 Å². The maximum atomic E-state index is 12.5. The molecule has 0 bridgehead atoms. The van der Waals surface area contributed by atoms with Crippen LogP contribution in [0.1, 0.15) is 51.0 Å². The highest BCUT2D eigenvalue weighted by Crippen LogP contribution is 2.34. The van der Waals surface area contributed by atoms with Gasteiger partial charge < -0.3 is 10.2 Å². The summed E-state index contributed by atoms with van der Waals surface area (Å²) in [6.07, 6.45) is 5.33. The Balaban J connectivity index is 2.00. The van der Waals surface area contributed by atoms with Crippen LogP contribution in [0.15, 0.2) is 12.4 Å². The third kappa shape index (κ3) is 3.93. The van der Waals surface area contributed by atoms with E-state index in [0.717, 1.165) is 32.5 Å². The number of hydrogen-bond donors (Lipinski definition) is 1. The summed E-state index contributed by atoms with van der Waals surface area (Å²) in [5.74, 6) is 1.34. The Hall–Kier alpha value is -1.65. The van der Waals surface area contributed by atoms with Crippen LogP contribution in [0.25, 0.3) is 0 Å². The van der Waals surface area contributed by atoms with Crippen molar-refractivity contribution in [2.45, 2.75) is 40.5 Å². The van der Waals surface area contributed by atoms with Gasteiger partial charge in [-0.1, -0.05) is 20.8 Å². The number of amides is 1. The largest absolute Gasteiger partial charge is 0.369 e. The van der Waals surface area contributed by atoms with Crippen LogP contribution in [0.5, 0.6) is 0 Å². The summed E-state index contributed by atoms with van der Waals surface area (Å²) in [6.45, 7) is 11.2. The molecule has 2 heterocycles. The van der Waals surface area contributed by atoms with E-state index in [1.54, 1.807) is 12.4 Å². The number of carbonyl (C=O) groups is 1. The van der Waals surface area contributed by atoms with Gasteiger partial charge in [0.2, 0.25) is 0 Å². The first-order valence-electron chi connectivity index (χ1n) is 7.77. The van der Waals surface area contributed by atoms with E-state index in [1.165, 1.54) is 0 Å². The number of nitrogens with one attached hydrogen (secondary N) is 1. The lowest BCUT2D eigenvalue weighted by Gasteiger charge is -2.38. The van der Waals surface area contributed by atoms with Crippen molar-refractivity contribution < 1.29 is 4.79 Å². The number of hydrogen-bond acceptors (Lipinski definition) is 4. The minimum absolute atomic E-state index is 0.00499. The van der Waals surface area contributed by atoms with E-state index in [1.807, 2.05) is 11.8 Å². The van der Waals surface area contributed by atoms with Gasteiger partial charge in [0.1, 0.15) is 11.5 Å². The van der Waals surface area contributed by atoms with E-state index in [2.05, 4.69) is 36.1 Å². The molecule has 2 rings (SSSR count). The van der Waals surface area contributed by atoms with Crippen LogP contribution >= 0.6 is 0 Å². The number of rotatable bonds is 3. The average molecular weight is 290 g/mol. The summed E-state index contributed by atoms with van der Waals surface area (Å²) in [4.78, 5) is 22.9. The minimum Gasteiger partial charge on any atom is -0.369 e. The topological polar surface area (TPSA) is 58.1 Å². The van der Waals surface area contributed by atoms with Crippen LogP contribution in [-0.4, -0.2) is 40.4 Å². The lowest BCUT2D eigenvalue weighted by molar-refractivity contribution is 0.0603. The van der Waals surface area contributed by atoms with Crippen LogP contribution < -0.4 is 5.32 Å². The zero-order valence-corrected chi connectivity index (χ0v) is 13.5. The third-order valence-electron chi connectivity index (χ3n) is 4.22. The zero-order valence-electron chi connectivity index (χ0n) is 13.5. The van der Waals surface area contributed by atoms with Crippen LogP contribution in [0.3, 0.4) is 0 Å². The molecule has 5 nitrogen and oxygen atoms in total. The lowest BCUT2D eigenvalue weighted by Crippen LogP contribution is -2.41. The molecule has 1 aliphatic heterocycles. The monoisotopic (exact) mass is 290 g/mol. The molecule has 1 fully saturated rings. The molecule has 1 aromatic heterocycles. The predicted octanol–water partition coefficient (Wildman–Crippen LogP) is 2.81. The molecule has 5 heteroatoms. The third-order valence-corrected chi connectivity index (χ3v) is 4.22. The second-order valence-corrected chi connectivity index (χ2v) is 6.75. The molecule has 0 radical (unpaired) electrons. The Morgan fingerprint density at radius 2 is 2.00 bits per heavy atom.